The lowest BCUT2D eigenvalue weighted by Crippen LogP contribution is -2.27. The van der Waals surface area contributed by atoms with Crippen LogP contribution in [-0.4, -0.2) is 11.0 Å². The van der Waals surface area contributed by atoms with Crippen molar-refractivity contribution in [3.05, 3.63) is 70.9 Å². The molecule has 0 aliphatic heterocycles. The zero-order valence-electron chi connectivity index (χ0n) is 12.1. The fraction of sp³-hybridized carbons (Fsp3) is 0.222. The lowest BCUT2D eigenvalue weighted by Gasteiger charge is -2.14. The smallest absolute Gasteiger partial charge is 0.0454 e. The van der Waals surface area contributed by atoms with Gasteiger partial charge in [-0.1, -0.05) is 29.8 Å². The maximum Gasteiger partial charge on any atom is 0.0454 e. The van der Waals surface area contributed by atoms with E-state index in [2.05, 4.69) is 47.6 Å². The summed E-state index contributed by atoms with van der Waals surface area (Å²) in [5.41, 5.74) is 3.76. The first-order valence-corrected chi connectivity index (χ1v) is 7.62. The van der Waals surface area contributed by atoms with Gasteiger partial charge in [0, 0.05) is 29.3 Å². The molecular formula is C18H19ClN2. The second-order valence-electron chi connectivity index (χ2n) is 5.52. The molecule has 0 spiro atoms. The first kappa shape index (κ1) is 14.2. The van der Waals surface area contributed by atoms with Crippen LogP contribution in [0.4, 0.5) is 0 Å². The Labute approximate surface area is 130 Å². The molecule has 3 heteroatoms. The number of benzene rings is 2. The fourth-order valence-electron chi connectivity index (χ4n) is 2.59. The average molecular weight is 299 g/mol. The molecule has 0 aliphatic carbocycles. The van der Waals surface area contributed by atoms with E-state index in [-0.39, 0.29) is 0 Å². The molecule has 0 bridgehead atoms. The van der Waals surface area contributed by atoms with Crippen LogP contribution in [0.25, 0.3) is 10.9 Å². The summed E-state index contributed by atoms with van der Waals surface area (Å²) in [5, 5.41) is 5.63. The van der Waals surface area contributed by atoms with Crippen LogP contribution in [0.5, 0.6) is 0 Å². The van der Waals surface area contributed by atoms with Gasteiger partial charge in [-0.15, -0.1) is 0 Å². The fourth-order valence-corrected chi connectivity index (χ4v) is 2.81. The molecule has 21 heavy (non-hydrogen) atoms. The van der Waals surface area contributed by atoms with E-state index in [0.717, 1.165) is 18.0 Å². The van der Waals surface area contributed by atoms with Gasteiger partial charge >= 0.3 is 0 Å². The van der Waals surface area contributed by atoms with Crippen LogP contribution in [0.2, 0.25) is 5.02 Å². The van der Waals surface area contributed by atoms with Gasteiger partial charge in [-0.2, -0.15) is 0 Å². The predicted molar refractivity (Wildman–Crippen MR) is 89.8 cm³/mol. The second-order valence-corrected chi connectivity index (χ2v) is 5.95. The molecule has 2 nitrogen and oxygen atoms in total. The first-order valence-electron chi connectivity index (χ1n) is 7.24. The van der Waals surface area contributed by atoms with E-state index in [1.165, 1.54) is 22.0 Å². The van der Waals surface area contributed by atoms with Gasteiger partial charge in [0.1, 0.15) is 0 Å². The third-order valence-electron chi connectivity index (χ3n) is 3.70. The molecule has 0 saturated carbocycles. The number of halogens is 1. The van der Waals surface area contributed by atoms with E-state index >= 15 is 0 Å². The Hall–Kier alpha value is -1.77. The number of aromatic amines is 1. The molecule has 2 N–H and O–H groups in total. The summed E-state index contributed by atoms with van der Waals surface area (Å²) in [7, 11) is 0. The van der Waals surface area contributed by atoms with E-state index in [1.54, 1.807) is 0 Å². The SMILES string of the molecule is CC(Cc1cccc(Cl)c1)NCc1ccc2[nH]ccc2c1. The van der Waals surface area contributed by atoms with Crippen molar-refractivity contribution in [2.24, 2.45) is 0 Å². The summed E-state index contributed by atoms with van der Waals surface area (Å²) in [6, 6.07) is 17.1. The van der Waals surface area contributed by atoms with Crippen LogP contribution in [0, 0.1) is 0 Å². The molecule has 0 aliphatic rings. The van der Waals surface area contributed by atoms with Gasteiger partial charge in [-0.05, 0) is 60.2 Å². The third-order valence-corrected chi connectivity index (χ3v) is 3.94. The summed E-state index contributed by atoms with van der Waals surface area (Å²) in [6.07, 6.45) is 2.95. The highest BCUT2D eigenvalue weighted by Crippen LogP contribution is 2.15. The molecule has 108 valence electrons. The van der Waals surface area contributed by atoms with Crippen LogP contribution in [0.15, 0.2) is 54.7 Å². The zero-order chi connectivity index (χ0) is 14.7. The minimum Gasteiger partial charge on any atom is -0.361 e. The third kappa shape index (κ3) is 3.66. The maximum absolute atomic E-state index is 6.02. The maximum atomic E-state index is 6.02. The largest absolute Gasteiger partial charge is 0.361 e. The molecule has 1 heterocycles. The van der Waals surface area contributed by atoms with E-state index in [4.69, 9.17) is 11.6 Å². The predicted octanol–water partition coefficient (Wildman–Crippen LogP) is 4.54. The molecule has 0 saturated heterocycles. The van der Waals surface area contributed by atoms with E-state index < -0.39 is 0 Å². The van der Waals surface area contributed by atoms with Gasteiger partial charge in [0.2, 0.25) is 0 Å². The number of nitrogens with one attached hydrogen (secondary N) is 2. The normalized spacial score (nSPS) is 12.7. The quantitative estimate of drug-likeness (QED) is 0.711. The van der Waals surface area contributed by atoms with Crippen molar-refractivity contribution in [1.82, 2.24) is 10.3 Å². The Morgan fingerprint density at radius 1 is 1.10 bits per heavy atom. The van der Waals surface area contributed by atoms with Crippen molar-refractivity contribution in [3.63, 3.8) is 0 Å². The number of hydrogen-bond donors (Lipinski definition) is 2. The van der Waals surface area contributed by atoms with Gasteiger partial charge in [0.05, 0.1) is 0 Å². The van der Waals surface area contributed by atoms with Gasteiger partial charge in [-0.25, -0.2) is 0 Å². The molecule has 1 atom stereocenters. The molecule has 1 aromatic heterocycles. The van der Waals surface area contributed by atoms with Gasteiger partial charge in [0.25, 0.3) is 0 Å². The summed E-state index contributed by atoms with van der Waals surface area (Å²) >= 11 is 6.02. The molecule has 3 rings (SSSR count). The van der Waals surface area contributed by atoms with Gasteiger partial charge in [-0.3, -0.25) is 0 Å². The standard InChI is InChI=1S/C18H19ClN2/c1-13(9-14-3-2-4-17(19)11-14)21-12-15-5-6-18-16(10-15)7-8-20-18/h2-8,10-11,13,20-21H,9,12H2,1H3. The molecular weight excluding hydrogens is 280 g/mol. The highest BCUT2D eigenvalue weighted by atomic mass is 35.5. The van der Waals surface area contributed by atoms with E-state index in [0.29, 0.717) is 6.04 Å². The van der Waals surface area contributed by atoms with E-state index in [1.807, 2.05) is 24.4 Å². The summed E-state index contributed by atoms with van der Waals surface area (Å²) in [6.45, 7) is 3.08. The molecule has 0 amide bonds. The number of H-pyrrole nitrogens is 1. The Morgan fingerprint density at radius 3 is 2.86 bits per heavy atom. The Kier molecular flexibility index (Phi) is 4.28. The van der Waals surface area contributed by atoms with Crippen LogP contribution < -0.4 is 5.32 Å². The van der Waals surface area contributed by atoms with Gasteiger partial charge in [0.15, 0.2) is 0 Å². The monoisotopic (exact) mass is 298 g/mol. The van der Waals surface area contributed by atoms with Crippen LogP contribution >= 0.6 is 11.6 Å². The number of fused-ring (bicyclic) bond motifs is 1. The number of aromatic nitrogens is 1. The highest BCUT2D eigenvalue weighted by molar-refractivity contribution is 6.30. The van der Waals surface area contributed by atoms with Crippen LogP contribution in [0.1, 0.15) is 18.1 Å². The second kappa shape index (κ2) is 6.33. The van der Waals surface area contributed by atoms with Crippen LogP contribution in [-0.2, 0) is 13.0 Å². The summed E-state index contributed by atoms with van der Waals surface area (Å²) in [4.78, 5) is 3.22. The lowest BCUT2D eigenvalue weighted by molar-refractivity contribution is 0.545. The minimum absolute atomic E-state index is 0.408. The topological polar surface area (TPSA) is 27.8 Å². The average Bonchev–Trinajstić information content (AvgIpc) is 2.92. The van der Waals surface area contributed by atoms with Crippen molar-refractivity contribution in [2.45, 2.75) is 25.9 Å². The molecule has 0 fully saturated rings. The van der Waals surface area contributed by atoms with Crippen molar-refractivity contribution in [3.8, 4) is 0 Å². The Balaban J connectivity index is 1.58. The first-order chi connectivity index (χ1) is 10.2. The lowest BCUT2D eigenvalue weighted by atomic mass is 10.1. The van der Waals surface area contributed by atoms with Crippen molar-refractivity contribution in [2.75, 3.05) is 0 Å². The molecule has 0 radical (unpaired) electrons. The minimum atomic E-state index is 0.408. The number of rotatable bonds is 5. The Bertz CT molecular complexity index is 733. The molecule has 3 aromatic rings. The van der Waals surface area contributed by atoms with Gasteiger partial charge < -0.3 is 10.3 Å². The zero-order valence-corrected chi connectivity index (χ0v) is 12.8. The summed E-state index contributed by atoms with van der Waals surface area (Å²) in [5.74, 6) is 0. The number of hydrogen-bond acceptors (Lipinski definition) is 1. The van der Waals surface area contributed by atoms with Crippen molar-refractivity contribution < 1.29 is 0 Å². The van der Waals surface area contributed by atoms with Crippen LogP contribution in [0.3, 0.4) is 0 Å². The highest BCUT2D eigenvalue weighted by Gasteiger charge is 2.04. The van der Waals surface area contributed by atoms with Crippen molar-refractivity contribution >= 4 is 22.5 Å². The van der Waals surface area contributed by atoms with E-state index in [9.17, 15) is 0 Å². The molecule has 2 aromatic carbocycles. The molecule has 1 unspecified atom stereocenters. The van der Waals surface area contributed by atoms with Crippen molar-refractivity contribution in [1.29, 1.82) is 0 Å². The Morgan fingerprint density at radius 2 is 2.00 bits per heavy atom. The summed E-state index contributed by atoms with van der Waals surface area (Å²) < 4.78 is 0.